The van der Waals surface area contributed by atoms with Gasteiger partial charge in [0.25, 0.3) is 0 Å². The largest absolute Gasteiger partial charge is 0.462 e. The smallest absolute Gasteiger partial charge is 0.306 e. The van der Waals surface area contributed by atoms with Gasteiger partial charge in [-0.25, -0.2) is 0 Å². The average molecular weight is 1160 g/mol. The number of unbranched alkanes of at least 4 members (excludes halogenated alkanes) is 50. The fourth-order valence-corrected chi connectivity index (χ4v) is 11.2. The average Bonchev–Trinajstić information content (AvgIpc) is 3.49. The summed E-state index contributed by atoms with van der Waals surface area (Å²) < 4.78 is 17.0. The van der Waals surface area contributed by atoms with E-state index < -0.39 is 6.10 Å². The van der Waals surface area contributed by atoms with Gasteiger partial charge >= 0.3 is 17.9 Å². The predicted octanol–water partition coefficient (Wildman–Crippen LogP) is 25.7. The van der Waals surface area contributed by atoms with Gasteiger partial charge in [0.15, 0.2) is 6.10 Å². The van der Waals surface area contributed by atoms with Gasteiger partial charge < -0.3 is 14.2 Å². The summed E-state index contributed by atoms with van der Waals surface area (Å²) in [5, 5.41) is 0. The molecule has 1 atom stereocenters. The first kappa shape index (κ1) is 80.4. The molecule has 0 rings (SSSR count). The van der Waals surface area contributed by atoms with Gasteiger partial charge in [-0.1, -0.05) is 333 Å². The fraction of sp³-hybridized carbons (Fsp3) is 0.857. The Morgan fingerprint density at radius 3 is 0.687 bits per heavy atom. The Kier molecular flexibility index (Phi) is 69.6. The van der Waals surface area contributed by atoms with Crippen molar-refractivity contribution in [3.05, 3.63) is 48.6 Å². The molecule has 0 N–H and O–H groups in total. The highest BCUT2D eigenvalue weighted by molar-refractivity contribution is 5.71. The Bertz CT molecular complexity index is 1430. The van der Waals surface area contributed by atoms with E-state index in [2.05, 4.69) is 69.4 Å². The van der Waals surface area contributed by atoms with Gasteiger partial charge in [-0.2, -0.15) is 0 Å². The maximum absolute atomic E-state index is 13.0. The van der Waals surface area contributed by atoms with Gasteiger partial charge in [0, 0.05) is 19.3 Å². The van der Waals surface area contributed by atoms with Crippen molar-refractivity contribution in [2.24, 2.45) is 0 Å². The summed E-state index contributed by atoms with van der Waals surface area (Å²) in [6.45, 7) is 6.67. The quantitative estimate of drug-likeness (QED) is 0.0261. The maximum atomic E-state index is 13.0. The molecule has 0 aromatic rings. The molecule has 0 aromatic heterocycles. The summed E-state index contributed by atoms with van der Waals surface area (Å²) in [7, 11) is 0. The van der Waals surface area contributed by atoms with Crippen molar-refractivity contribution >= 4 is 17.9 Å². The van der Waals surface area contributed by atoms with Gasteiger partial charge in [-0.15, -0.1) is 0 Å². The van der Waals surface area contributed by atoms with Crippen LogP contribution in [0.25, 0.3) is 0 Å². The van der Waals surface area contributed by atoms with Gasteiger partial charge in [-0.05, 0) is 103 Å². The zero-order valence-corrected chi connectivity index (χ0v) is 56.0. The summed E-state index contributed by atoms with van der Waals surface area (Å²) in [6, 6.07) is 0. The molecule has 0 spiro atoms. The van der Waals surface area contributed by atoms with Crippen LogP contribution in [0.1, 0.15) is 406 Å². The van der Waals surface area contributed by atoms with Crippen molar-refractivity contribution in [3.63, 3.8) is 0 Å². The SMILES string of the molecule is CCCCCC/C=C\CCCCCCCC(=O)OCC(COC(=O)CCCCCCCCCCCCCCCCCCC/C=C\CCCCCCCCCC)OC(=O)CCCCCCCCCCCCC/C=C\C/C=C\CCCCCCC. The van der Waals surface area contributed by atoms with Crippen molar-refractivity contribution in [2.75, 3.05) is 13.2 Å². The Balaban J connectivity index is 4.20. The first-order valence-electron chi connectivity index (χ1n) is 37.1. The number of ether oxygens (including phenoxy) is 3. The number of rotatable bonds is 69. The van der Waals surface area contributed by atoms with Crippen LogP contribution in [-0.4, -0.2) is 37.2 Å². The van der Waals surface area contributed by atoms with Crippen LogP contribution < -0.4 is 0 Å². The predicted molar refractivity (Wildman–Crippen MR) is 362 cm³/mol. The molecule has 0 amide bonds. The lowest BCUT2D eigenvalue weighted by Gasteiger charge is -2.18. The molecule has 1 unspecified atom stereocenters. The molecule has 6 nitrogen and oxygen atoms in total. The van der Waals surface area contributed by atoms with E-state index in [-0.39, 0.29) is 31.1 Å². The first-order valence-corrected chi connectivity index (χ1v) is 37.1. The minimum atomic E-state index is -0.778. The van der Waals surface area contributed by atoms with Gasteiger partial charge in [0.2, 0.25) is 0 Å². The van der Waals surface area contributed by atoms with Crippen LogP contribution in [0.3, 0.4) is 0 Å². The molecule has 0 heterocycles. The Morgan fingerprint density at radius 1 is 0.241 bits per heavy atom. The maximum Gasteiger partial charge on any atom is 0.306 e. The van der Waals surface area contributed by atoms with Crippen molar-refractivity contribution < 1.29 is 28.6 Å². The van der Waals surface area contributed by atoms with E-state index in [0.717, 1.165) is 70.6 Å². The molecular formula is C77H142O6. The summed E-state index contributed by atoms with van der Waals surface area (Å²) >= 11 is 0. The van der Waals surface area contributed by atoms with Crippen molar-refractivity contribution in [1.82, 2.24) is 0 Å². The normalized spacial score (nSPS) is 12.3. The second-order valence-electron chi connectivity index (χ2n) is 25.2. The monoisotopic (exact) mass is 1160 g/mol. The van der Waals surface area contributed by atoms with Gasteiger partial charge in [0.1, 0.15) is 13.2 Å². The lowest BCUT2D eigenvalue weighted by Crippen LogP contribution is -2.30. The highest BCUT2D eigenvalue weighted by atomic mass is 16.6. The summed E-state index contributed by atoms with van der Waals surface area (Å²) in [5.41, 5.74) is 0. The fourth-order valence-electron chi connectivity index (χ4n) is 11.2. The van der Waals surface area contributed by atoms with E-state index in [4.69, 9.17) is 14.2 Å². The summed E-state index contributed by atoms with van der Waals surface area (Å²) in [4.78, 5) is 38.5. The molecule has 0 aliphatic carbocycles. The molecule has 0 saturated heterocycles. The topological polar surface area (TPSA) is 78.9 Å². The summed E-state index contributed by atoms with van der Waals surface area (Å²) in [5.74, 6) is -0.857. The molecule has 0 fully saturated rings. The lowest BCUT2D eigenvalue weighted by molar-refractivity contribution is -0.167. The van der Waals surface area contributed by atoms with E-state index in [9.17, 15) is 14.4 Å². The number of allylic oxidation sites excluding steroid dienone is 8. The first-order chi connectivity index (χ1) is 41.0. The van der Waals surface area contributed by atoms with E-state index in [1.54, 1.807) is 0 Å². The molecule has 486 valence electrons. The molecule has 0 aliphatic heterocycles. The molecule has 0 saturated carbocycles. The van der Waals surface area contributed by atoms with Crippen LogP contribution in [0.5, 0.6) is 0 Å². The minimum Gasteiger partial charge on any atom is -0.462 e. The number of hydrogen-bond acceptors (Lipinski definition) is 6. The number of hydrogen-bond donors (Lipinski definition) is 0. The van der Waals surface area contributed by atoms with E-state index in [1.165, 1.54) is 295 Å². The zero-order valence-electron chi connectivity index (χ0n) is 56.0. The van der Waals surface area contributed by atoms with Crippen LogP contribution in [0.15, 0.2) is 48.6 Å². The summed E-state index contributed by atoms with van der Waals surface area (Å²) in [6.07, 6.45) is 91.6. The Labute approximate surface area is 518 Å². The third-order valence-electron chi connectivity index (χ3n) is 16.8. The molecule has 0 bridgehead atoms. The van der Waals surface area contributed by atoms with E-state index in [1.807, 2.05) is 0 Å². The number of esters is 3. The minimum absolute atomic E-state index is 0.0724. The molecule has 0 radical (unpaired) electrons. The van der Waals surface area contributed by atoms with E-state index >= 15 is 0 Å². The van der Waals surface area contributed by atoms with E-state index in [0.29, 0.717) is 19.3 Å². The third-order valence-corrected chi connectivity index (χ3v) is 16.8. The molecule has 6 heteroatoms. The second-order valence-corrected chi connectivity index (χ2v) is 25.2. The van der Waals surface area contributed by atoms with Crippen molar-refractivity contribution in [1.29, 1.82) is 0 Å². The third kappa shape index (κ3) is 70.0. The lowest BCUT2D eigenvalue weighted by atomic mass is 10.0. The van der Waals surface area contributed by atoms with Gasteiger partial charge in [0.05, 0.1) is 0 Å². The Morgan fingerprint density at radius 2 is 0.434 bits per heavy atom. The van der Waals surface area contributed by atoms with Crippen LogP contribution in [0, 0.1) is 0 Å². The molecule has 83 heavy (non-hydrogen) atoms. The van der Waals surface area contributed by atoms with Crippen molar-refractivity contribution in [3.8, 4) is 0 Å². The van der Waals surface area contributed by atoms with Crippen LogP contribution in [0.2, 0.25) is 0 Å². The van der Waals surface area contributed by atoms with Crippen molar-refractivity contribution in [2.45, 2.75) is 412 Å². The molecule has 0 aromatic carbocycles. The highest BCUT2D eigenvalue weighted by Crippen LogP contribution is 2.18. The Hall–Kier alpha value is -2.63. The number of carbonyl (C=O) groups excluding carboxylic acids is 3. The standard InChI is InChI=1S/C77H142O6/c1-4-7-10-13-16-19-22-25-27-29-31-33-35-36-37-38-39-40-42-43-45-47-49-52-55-58-61-64-67-70-76(79)82-73-74(72-81-75(78)69-66-63-60-57-54-51-24-21-18-15-12-9-6-3)83-77(80)71-68-65-62-59-56-53-50-48-46-44-41-34-32-30-28-26-23-20-17-14-11-8-5-2/h21,23-24,26,29-32,74H,4-20,22,25,27-28,33-73H2,1-3H3/b24-21-,26-23-,31-29-,32-30-. The van der Waals surface area contributed by atoms with Gasteiger partial charge in [-0.3, -0.25) is 14.4 Å². The molecule has 0 aliphatic rings. The number of carbonyl (C=O) groups is 3. The molecular weight excluding hydrogens is 1020 g/mol. The second kappa shape index (κ2) is 71.8. The van der Waals surface area contributed by atoms with Crippen LogP contribution in [-0.2, 0) is 28.6 Å². The van der Waals surface area contributed by atoms with Crippen LogP contribution in [0.4, 0.5) is 0 Å². The van der Waals surface area contributed by atoms with Crippen LogP contribution >= 0.6 is 0 Å². The highest BCUT2D eigenvalue weighted by Gasteiger charge is 2.19. The zero-order chi connectivity index (χ0) is 59.9.